The van der Waals surface area contributed by atoms with Crippen LogP contribution in [0.25, 0.3) is 0 Å². The minimum atomic E-state index is 0. The van der Waals surface area contributed by atoms with Crippen LogP contribution in [0.1, 0.15) is 13.8 Å². The minimum absolute atomic E-state index is 0. The summed E-state index contributed by atoms with van der Waals surface area (Å²) in [4.78, 5) is 0. The summed E-state index contributed by atoms with van der Waals surface area (Å²) in [7, 11) is 2.27. The predicted molar refractivity (Wildman–Crippen MR) is 57.2 cm³/mol. The largest absolute Gasteiger partial charge is 0.870 e. The fourth-order valence-corrected chi connectivity index (χ4v) is 1.38. The van der Waals surface area contributed by atoms with Crippen LogP contribution in [0.4, 0.5) is 5.69 Å². The summed E-state index contributed by atoms with van der Waals surface area (Å²) in [5, 5.41) is 0. The number of para-hydroxylation sites is 1. The molecule has 0 spiro atoms. The summed E-state index contributed by atoms with van der Waals surface area (Å²) in [5.74, 6) is 0. The molecule has 0 bridgehead atoms. The van der Waals surface area contributed by atoms with Crippen molar-refractivity contribution >= 4 is 5.69 Å². The van der Waals surface area contributed by atoms with Crippen LogP contribution < -0.4 is 4.48 Å². The molecule has 1 rings (SSSR count). The van der Waals surface area contributed by atoms with Gasteiger partial charge in [0.25, 0.3) is 0 Å². The highest BCUT2D eigenvalue weighted by atomic mass is 16.0. The molecular weight excluding hydrogens is 162 g/mol. The van der Waals surface area contributed by atoms with E-state index in [9.17, 15) is 0 Å². The molecule has 0 heterocycles. The average molecular weight is 181 g/mol. The highest BCUT2D eigenvalue weighted by Gasteiger charge is 2.18. The lowest BCUT2D eigenvalue weighted by molar-refractivity contribution is 0.365. The van der Waals surface area contributed by atoms with Crippen molar-refractivity contribution in [3.05, 3.63) is 30.3 Å². The van der Waals surface area contributed by atoms with Gasteiger partial charge in [-0.2, -0.15) is 0 Å². The molecule has 0 saturated heterocycles. The van der Waals surface area contributed by atoms with Crippen LogP contribution in [0.5, 0.6) is 0 Å². The van der Waals surface area contributed by atoms with Crippen LogP contribution in [-0.4, -0.2) is 25.6 Å². The van der Waals surface area contributed by atoms with E-state index < -0.39 is 0 Å². The number of nitrogens with zero attached hydrogens (tertiary/aromatic N) is 1. The molecule has 0 fully saturated rings. The van der Waals surface area contributed by atoms with Crippen molar-refractivity contribution in [3.8, 4) is 0 Å². The smallest absolute Gasteiger partial charge is 0.132 e. The molecule has 13 heavy (non-hydrogen) atoms. The van der Waals surface area contributed by atoms with Crippen molar-refractivity contribution < 1.29 is 5.48 Å². The highest BCUT2D eigenvalue weighted by Crippen LogP contribution is 2.19. The molecule has 0 radical (unpaired) electrons. The maximum absolute atomic E-state index is 2.27. The monoisotopic (exact) mass is 181 g/mol. The predicted octanol–water partition coefficient (Wildman–Crippen LogP) is 2.49. The maximum atomic E-state index is 2.27. The molecule has 0 aliphatic rings. The molecule has 1 aromatic rings. The Morgan fingerprint density at radius 1 is 1.00 bits per heavy atom. The first-order valence-electron chi connectivity index (χ1n) is 4.63. The van der Waals surface area contributed by atoms with Crippen molar-refractivity contribution in [3.63, 3.8) is 0 Å². The molecule has 0 amide bonds. The lowest BCUT2D eigenvalue weighted by atomic mass is 10.2. The summed E-state index contributed by atoms with van der Waals surface area (Å²) in [6.45, 7) is 6.77. The van der Waals surface area contributed by atoms with Gasteiger partial charge in [0, 0.05) is 0 Å². The van der Waals surface area contributed by atoms with Gasteiger partial charge in [-0.3, -0.25) is 4.48 Å². The van der Waals surface area contributed by atoms with Gasteiger partial charge in [0.15, 0.2) is 0 Å². The summed E-state index contributed by atoms with van der Waals surface area (Å²) in [6, 6.07) is 10.7. The normalized spacial score (nSPS) is 10.7. The second-order valence-electron chi connectivity index (χ2n) is 3.36. The Kier molecular flexibility index (Phi) is 4.67. The van der Waals surface area contributed by atoms with Gasteiger partial charge >= 0.3 is 0 Å². The third-order valence-corrected chi connectivity index (χ3v) is 2.78. The van der Waals surface area contributed by atoms with E-state index in [1.54, 1.807) is 0 Å². The van der Waals surface area contributed by atoms with E-state index in [4.69, 9.17) is 0 Å². The minimum Gasteiger partial charge on any atom is -0.870 e. The second kappa shape index (κ2) is 5.00. The number of hydrogen-bond donors (Lipinski definition) is 0. The molecule has 1 N–H and O–H groups in total. The van der Waals surface area contributed by atoms with Gasteiger partial charge in [0.2, 0.25) is 0 Å². The van der Waals surface area contributed by atoms with E-state index in [2.05, 4.69) is 51.2 Å². The van der Waals surface area contributed by atoms with Crippen LogP contribution in [0.3, 0.4) is 0 Å². The van der Waals surface area contributed by atoms with Crippen LogP contribution in [0, 0.1) is 0 Å². The second-order valence-corrected chi connectivity index (χ2v) is 3.36. The zero-order chi connectivity index (χ0) is 9.03. The van der Waals surface area contributed by atoms with E-state index in [-0.39, 0.29) is 5.48 Å². The molecule has 0 atom stereocenters. The Balaban J connectivity index is 0.00000144. The summed E-state index contributed by atoms with van der Waals surface area (Å²) in [5.41, 5.74) is 1.41. The molecule has 0 unspecified atom stereocenters. The van der Waals surface area contributed by atoms with Crippen molar-refractivity contribution in [1.82, 2.24) is 4.48 Å². The Bertz CT molecular complexity index is 229. The quantitative estimate of drug-likeness (QED) is 0.659. The first-order chi connectivity index (χ1) is 5.73. The van der Waals surface area contributed by atoms with Crippen LogP contribution in [-0.2, 0) is 0 Å². The third-order valence-electron chi connectivity index (χ3n) is 2.78. The summed E-state index contributed by atoms with van der Waals surface area (Å²) >= 11 is 0. The zero-order valence-electron chi connectivity index (χ0n) is 8.70. The van der Waals surface area contributed by atoms with Crippen molar-refractivity contribution in [2.24, 2.45) is 0 Å². The van der Waals surface area contributed by atoms with Crippen LogP contribution in [0.15, 0.2) is 30.3 Å². The Morgan fingerprint density at radius 3 is 1.85 bits per heavy atom. The number of rotatable bonds is 3. The Labute approximate surface area is 80.7 Å². The standard InChI is InChI=1S/C11H18N.H2O/c1-4-12(3,5-2)11-9-7-6-8-10-11;/h6-10H,4-5H2,1-3H3;1H2/q+1;/p-1. The molecule has 0 saturated carbocycles. The van der Waals surface area contributed by atoms with Gasteiger partial charge < -0.3 is 5.48 Å². The molecule has 1 aromatic carbocycles. The Morgan fingerprint density at radius 2 is 1.46 bits per heavy atom. The van der Waals surface area contributed by atoms with Crippen molar-refractivity contribution in [2.45, 2.75) is 13.8 Å². The van der Waals surface area contributed by atoms with E-state index in [0.29, 0.717) is 0 Å². The van der Waals surface area contributed by atoms with Gasteiger partial charge in [-0.25, -0.2) is 0 Å². The SMILES string of the molecule is CC[N+](C)(CC)c1ccccc1.[OH-]. The van der Waals surface area contributed by atoms with Crippen molar-refractivity contribution in [1.29, 1.82) is 0 Å². The van der Waals surface area contributed by atoms with E-state index in [1.165, 1.54) is 5.69 Å². The van der Waals surface area contributed by atoms with Gasteiger partial charge in [-0.05, 0) is 26.0 Å². The molecule has 74 valence electrons. The maximum Gasteiger partial charge on any atom is 0.132 e. The number of hydrogen-bond acceptors (Lipinski definition) is 1. The average Bonchev–Trinajstić information content (AvgIpc) is 2.18. The first-order valence-corrected chi connectivity index (χ1v) is 4.63. The van der Waals surface area contributed by atoms with Crippen LogP contribution in [0.2, 0.25) is 0 Å². The Hall–Kier alpha value is -0.860. The summed E-state index contributed by atoms with van der Waals surface area (Å²) in [6.07, 6.45) is 0. The highest BCUT2D eigenvalue weighted by molar-refractivity contribution is 5.41. The van der Waals surface area contributed by atoms with E-state index in [1.807, 2.05) is 0 Å². The van der Waals surface area contributed by atoms with E-state index in [0.717, 1.165) is 17.6 Å². The zero-order valence-corrected chi connectivity index (χ0v) is 8.70. The number of benzene rings is 1. The van der Waals surface area contributed by atoms with Gasteiger partial charge in [0.05, 0.1) is 20.1 Å². The fraction of sp³-hybridized carbons (Fsp3) is 0.455. The number of quaternary nitrogens is 1. The van der Waals surface area contributed by atoms with Crippen LogP contribution >= 0.6 is 0 Å². The molecule has 0 aliphatic carbocycles. The van der Waals surface area contributed by atoms with Gasteiger partial charge in [-0.1, -0.05) is 18.2 Å². The molecular formula is C11H19NO. The van der Waals surface area contributed by atoms with E-state index >= 15 is 0 Å². The van der Waals surface area contributed by atoms with Gasteiger partial charge in [0.1, 0.15) is 5.69 Å². The van der Waals surface area contributed by atoms with Gasteiger partial charge in [-0.15, -0.1) is 0 Å². The topological polar surface area (TPSA) is 30.0 Å². The summed E-state index contributed by atoms with van der Waals surface area (Å²) < 4.78 is 1.03. The molecule has 0 aliphatic heterocycles. The molecule has 0 aromatic heterocycles. The lowest BCUT2D eigenvalue weighted by Crippen LogP contribution is -2.44. The third kappa shape index (κ3) is 2.54. The fourth-order valence-electron chi connectivity index (χ4n) is 1.38. The lowest BCUT2D eigenvalue weighted by Gasteiger charge is -2.31. The molecule has 2 heteroatoms. The van der Waals surface area contributed by atoms with Crippen molar-refractivity contribution in [2.75, 3.05) is 20.1 Å². The first kappa shape index (κ1) is 12.1. The molecule has 2 nitrogen and oxygen atoms in total.